The maximum absolute atomic E-state index is 11.8. The van der Waals surface area contributed by atoms with Crippen LogP contribution < -0.4 is 10.5 Å². The van der Waals surface area contributed by atoms with Crippen molar-refractivity contribution in [3.05, 3.63) is 23.2 Å². The van der Waals surface area contributed by atoms with Crippen LogP contribution in [0.5, 0.6) is 0 Å². The summed E-state index contributed by atoms with van der Waals surface area (Å²) in [4.78, 5) is 11.7. The van der Waals surface area contributed by atoms with E-state index in [0.29, 0.717) is 6.61 Å². The third-order valence-corrected chi connectivity index (χ3v) is 3.77. The molecule has 0 radical (unpaired) electrons. The molecular formula is C12H17ClN2O4S. The van der Waals surface area contributed by atoms with Crippen LogP contribution in [-0.4, -0.2) is 28.0 Å². The predicted molar refractivity (Wildman–Crippen MR) is 77.1 cm³/mol. The number of nitrogens with one attached hydrogen (secondary N) is 1. The summed E-state index contributed by atoms with van der Waals surface area (Å²) in [6.07, 6.45) is 0.240. The molecule has 1 unspecified atom stereocenters. The number of hydrogen-bond acceptors (Lipinski definition) is 4. The Bertz CT molecular complexity index is 589. The number of benzene rings is 1. The van der Waals surface area contributed by atoms with Crippen molar-refractivity contribution in [3.63, 3.8) is 0 Å². The second-order valence-electron chi connectivity index (χ2n) is 4.50. The molecule has 1 rings (SSSR count). The predicted octanol–water partition coefficient (Wildman–Crippen LogP) is 1.60. The average molecular weight is 321 g/mol. The standard InChI is InChI=1S/C12H17ClN2O4S/c1-8(7-19-2)5-12(16)15-11-6-9(20(14,17)18)3-4-10(11)13/h3-4,6,8H,5,7H2,1-2H3,(H,15,16)(H2,14,17,18). The second kappa shape index (κ2) is 7.03. The highest BCUT2D eigenvalue weighted by atomic mass is 35.5. The number of carbonyl (C=O) groups is 1. The minimum atomic E-state index is -3.84. The van der Waals surface area contributed by atoms with Gasteiger partial charge in [0.1, 0.15) is 0 Å². The largest absolute Gasteiger partial charge is 0.384 e. The average Bonchev–Trinajstić information content (AvgIpc) is 2.30. The zero-order chi connectivity index (χ0) is 15.3. The van der Waals surface area contributed by atoms with Crippen molar-refractivity contribution in [2.24, 2.45) is 11.1 Å². The molecule has 1 amide bonds. The van der Waals surface area contributed by atoms with E-state index < -0.39 is 10.0 Å². The first kappa shape index (κ1) is 16.9. The van der Waals surface area contributed by atoms with Gasteiger partial charge in [0.05, 0.1) is 15.6 Å². The van der Waals surface area contributed by atoms with Gasteiger partial charge >= 0.3 is 0 Å². The van der Waals surface area contributed by atoms with Crippen molar-refractivity contribution in [2.75, 3.05) is 19.0 Å². The summed E-state index contributed by atoms with van der Waals surface area (Å²) in [5.74, 6) is -0.233. The zero-order valence-electron chi connectivity index (χ0n) is 11.2. The summed E-state index contributed by atoms with van der Waals surface area (Å²) in [6.45, 7) is 2.32. The number of amides is 1. The number of rotatable bonds is 6. The topological polar surface area (TPSA) is 98.5 Å². The van der Waals surface area contributed by atoms with Crippen LogP contribution in [-0.2, 0) is 19.6 Å². The molecule has 0 aliphatic carbocycles. The van der Waals surface area contributed by atoms with Gasteiger partial charge in [-0.2, -0.15) is 0 Å². The highest BCUT2D eigenvalue weighted by molar-refractivity contribution is 7.89. The van der Waals surface area contributed by atoms with Gasteiger partial charge in [-0.15, -0.1) is 0 Å². The Hall–Kier alpha value is -1.15. The van der Waals surface area contributed by atoms with Crippen LogP contribution in [0.25, 0.3) is 0 Å². The van der Waals surface area contributed by atoms with Crippen LogP contribution in [0.2, 0.25) is 5.02 Å². The number of methoxy groups -OCH3 is 1. The van der Waals surface area contributed by atoms with E-state index in [1.54, 1.807) is 7.11 Å². The van der Waals surface area contributed by atoms with E-state index in [1.807, 2.05) is 6.92 Å². The summed E-state index contributed by atoms with van der Waals surface area (Å²) in [7, 11) is -2.28. The molecule has 20 heavy (non-hydrogen) atoms. The fourth-order valence-corrected chi connectivity index (χ4v) is 2.34. The smallest absolute Gasteiger partial charge is 0.238 e. The molecule has 0 heterocycles. The molecule has 1 atom stereocenters. The van der Waals surface area contributed by atoms with E-state index in [-0.39, 0.29) is 33.9 Å². The second-order valence-corrected chi connectivity index (χ2v) is 6.47. The number of halogens is 1. The first-order chi connectivity index (χ1) is 9.24. The van der Waals surface area contributed by atoms with Gasteiger partial charge < -0.3 is 10.1 Å². The number of carbonyl (C=O) groups excluding carboxylic acids is 1. The van der Waals surface area contributed by atoms with E-state index in [2.05, 4.69) is 5.32 Å². The summed E-state index contributed by atoms with van der Waals surface area (Å²) in [6, 6.07) is 3.88. The molecule has 0 aliphatic rings. The highest BCUT2D eigenvalue weighted by Crippen LogP contribution is 2.25. The van der Waals surface area contributed by atoms with Crippen molar-refractivity contribution < 1.29 is 17.9 Å². The highest BCUT2D eigenvalue weighted by Gasteiger charge is 2.14. The fraction of sp³-hybridized carbons (Fsp3) is 0.417. The van der Waals surface area contributed by atoms with Crippen molar-refractivity contribution >= 4 is 33.2 Å². The summed E-state index contributed by atoms with van der Waals surface area (Å²) < 4.78 is 27.4. The van der Waals surface area contributed by atoms with Crippen molar-refractivity contribution in [1.82, 2.24) is 0 Å². The summed E-state index contributed by atoms with van der Waals surface area (Å²) in [5.41, 5.74) is 0.216. The third kappa shape index (κ3) is 5.09. The van der Waals surface area contributed by atoms with E-state index in [1.165, 1.54) is 18.2 Å². The monoisotopic (exact) mass is 320 g/mol. The lowest BCUT2D eigenvalue weighted by Gasteiger charge is -2.12. The molecule has 0 fully saturated rings. The fourth-order valence-electron chi connectivity index (χ4n) is 1.64. The first-order valence-corrected chi connectivity index (χ1v) is 7.77. The van der Waals surface area contributed by atoms with Crippen LogP contribution in [0.4, 0.5) is 5.69 Å². The molecule has 0 bridgehead atoms. The summed E-state index contributed by atoms with van der Waals surface area (Å²) in [5, 5.41) is 7.83. The molecule has 1 aromatic carbocycles. The zero-order valence-corrected chi connectivity index (χ0v) is 12.8. The molecule has 1 aromatic rings. The van der Waals surface area contributed by atoms with Crippen LogP contribution in [0.1, 0.15) is 13.3 Å². The molecule has 0 saturated carbocycles. The normalized spacial score (nSPS) is 13.0. The van der Waals surface area contributed by atoms with Gasteiger partial charge in [-0.3, -0.25) is 4.79 Å². The number of primary sulfonamides is 1. The van der Waals surface area contributed by atoms with Crippen LogP contribution in [0, 0.1) is 5.92 Å². The Labute approximate surface area is 123 Å². The Balaban J connectivity index is 2.84. The minimum Gasteiger partial charge on any atom is -0.384 e. The third-order valence-electron chi connectivity index (χ3n) is 2.53. The van der Waals surface area contributed by atoms with Gasteiger partial charge in [0.15, 0.2) is 0 Å². The lowest BCUT2D eigenvalue weighted by Crippen LogP contribution is -2.18. The molecule has 0 saturated heterocycles. The Kier molecular flexibility index (Phi) is 5.94. The lowest BCUT2D eigenvalue weighted by molar-refractivity contribution is -0.117. The molecule has 0 aliphatic heterocycles. The molecular weight excluding hydrogens is 304 g/mol. The van der Waals surface area contributed by atoms with Crippen LogP contribution >= 0.6 is 11.6 Å². The quantitative estimate of drug-likeness (QED) is 0.831. The van der Waals surface area contributed by atoms with Crippen LogP contribution in [0.15, 0.2) is 23.1 Å². The number of hydrogen-bond donors (Lipinski definition) is 2. The Morgan fingerprint density at radius 2 is 2.15 bits per heavy atom. The van der Waals surface area contributed by atoms with Gasteiger partial charge in [-0.25, -0.2) is 13.6 Å². The molecule has 112 valence electrons. The number of nitrogens with two attached hydrogens (primary N) is 1. The molecule has 0 aromatic heterocycles. The Morgan fingerprint density at radius 3 is 2.70 bits per heavy atom. The summed E-state index contributed by atoms with van der Waals surface area (Å²) >= 11 is 5.91. The maximum atomic E-state index is 11.8. The first-order valence-electron chi connectivity index (χ1n) is 5.85. The Morgan fingerprint density at radius 1 is 1.50 bits per heavy atom. The number of ether oxygens (including phenoxy) is 1. The lowest BCUT2D eigenvalue weighted by atomic mass is 10.1. The van der Waals surface area contributed by atoms with Gasteiger partial charge in [0.2, 0.25) is 15.9 Å². The molecule has 6 nitrogen and oxygen atoms in total. The van der Waals surface area contributed by atoms with Crippen molar-refractivity contribution in [3.8, 4) is 0 Å². The molecule has 8 heteroatoms. The van der Waals surface area contributed by atoms with Gasteiger partial charge in [-0.05, 0) is 24.1 Å². The van der Waals surface area contributed by atoms with E-state index in [9.17, 15) is 13.2 Å². The van der Waals surface area contributed by atoms with Crippen molar-refractivity contribution in [1.29, 1.82) is 0 Å². The number of anilines is 1. The van der Waals surface area contributed by atoms with Gasteiger partial charge in [-0.1, -0.05) is 18.5 Å². The van der Waals surface area contributed by atoms with Crippen molar-refractivity contribution in [2.45, 2.75) is 18.2 Å². The maximum Gasteiger partial charge on any atom is 0.238 e. The minimum absolute atomic E-state index is 0.0419. The van der Waals surface area contributed by atoms with Gasteiger partial charge in [0, 0.05) is 20.1 Å². The number of sulfonamides is 1. The molecule has 3 N–H and O–H groups in total. The van der Waals surface area contributed by atoms with E-state index in [4.69, 9.17) is 21.5 Å². The molecule has 0 spiro atoms. The SMILES string of the molecule is COCC(C)CC(=O)Nc1cc(S(N)(=O)=O)ccc1Cl. The van der Waals surface area contributed by atoms with Crippen LogP contribution in [0.3, 0.4) is 0 Å². The van der Waals surface area contributed by atoms with E-state index in [0.717, 1.165) is 0 Å². The van der Waals surface area contributed by atoms with E-state index >= 15 is 0 Å². The van der Waals surface area contributed by atoms with Gasteiger partial charge in [0.25, 0.3) is 0 Å².